The lowest BCUT2D eigenvalue weighted by atomic mass is 10.1. The first-order chi connectivity index (χ1) is 8.65. The van der Waals surface area contributed by atoms with E-state index in [2.05, 4.69) is 38.2 Å². The van der Waals surface area contributed by atoms with Crippen LogP contribution in [0, 0.1) is 20.8 Å². The minimum Gasteiger partial charge on any atom is -0.492 e. The maximum atomic E-state index is 5.84. The summed E-state index contributed by atoms with van der Waals surface area (Å²) in [5.74, 6) is 1.03. The van der Waals surface area contributed by atoms with Crippen LogP contribution in [-0.4, -0.2) is 33.4 Å². The van der Waals surface area contributed by atoms with Crippen LogP contribution in [0.3, 0.4) is 0 Å². The summed E-state index contributed by atoms with van der Waals surface area (Å²) < 4.78 is 10.8. The molecule has 0 spiro atoms. The molecule has 1 rings (SSSR count). The van der Waals surface area contributed by atoms with E-state index >= 15 is 0 Å². The molecule has 0 bridgehead atoms. The van der Waals surface area contributed by atoms with Crippen LogP contribution < -0.4 is 10.1 Å². The van der Waals surface area contributed by atoms with Crippen molar-refractivity contribution >= 4 is 0 Å². The first kappa shape index (κ1) is 15.0. The quantitative estimate of drug-likeness (QED) is 0.720. The minimum atomic E-state index is 0.706. The smallest absolute Gasteiger partial charge is 0.125 e. The number of aryl methyl sites for hydroxylation is 3. The Balaban J connectivity index is 2.27. The van der Waals surface area contributed by atoms with E-state index in [1.165, 1.54) is 16.7 Å². The lowest BCUT2D eigenvalue weighted by molar-refractivity contribution is 0.193. The molecule has 3 nitrogen and oxygen atoms in total. The van der Waals surface area contributed by atoms with Crippen LogP contribution in [0.15, 0.2) is 12.1 Å². The summed E-state index contributed by atoms with van der Waals surface area (Å²) in [6.07, 6.45) is 1.04. The second kappa shape index (κ2) is 8.11. The van der Waals surface area contributed by atoms with Crippen molar-refractivity contribution in [2.45, 2.75) is 27.2 Å². The van der Waals surface area contributed by atoms with Gasteiger partial charge in [0.1, 0.15) is 12.4 Å². The summed E-state index contributed by atoms with van der Waals surface area (Å²) in [7, 11) is 1.73. The van der Waals surface area contributed by atoms with Crippen molar-refractivity contribution in [3.05, 3.63) is 28.8 Å². The number of ether oxygens (including phenoxy) is 2. The molecule has 0 aliphatic carbocycles. The highest BCUT2D eigenvalue weighted by Crippen LogP contribution is 2.24. The fourth-order valence-electron chi connectivity index (χ4n) is 2.09. The number of methoxy groups -OCH3 is 1. The highest BCUT2D eigenvalue weighted by Gasteiger charge is 2.04. The number of benzene rings is 1. The molecular weight excluding hydrogens is 226 g/mol. The number of hydrogen-bond acceptors (Lipinski definition) is 3. The van der Waals surface area contributed by atoms with E-state index in [-0.39, 0.29) is 0 Å². The Morgan fingerprint density at radius 3 is 2.28 bits per heavy atom. The zero-order valence-electron chi connectivity index (χ0n) is 12.0. The average molecular weight is 251 g/mol. The highest BCUT2D eigenvalue weighted by atomic mass is 16.5. The SMILES string of the molecule is COCCCNCCOc1c(C)cc(C)cc1C. The molecule has 0 aromatic heterocycles. The van der Waals surface area contributed by atoms with E-state index in [0.717, 1.165) is 31.9 Å². The predicted molar refractivity (Wildman–Crippen MR) is 75.5 cm³/mol. The molecule has 1 N–H and O–H groups in total. The Morgan fingerprint density at radius 1 is 1.00 bits per heavy atom. The van der Waals surface area contributed by atoms with Gasteiger partial charge in [0.15, 0.2) is 0 Å². The van der Waals surface area contributed by atoms with Crippen LogP contribution in [0.4, 0.5) is 0 Å². The van der Waals surface area contributed by atoms with E-state index < -0.39 is 0 Å². The normalized spacial score (nSPS) is 10.7. The minimum absolute atomic E-state index is 0.706. The molecule has 0 aliphatic rings. The highest BCUT2D eigenvalue weighted by molar-refractivity contribution is 5.42. The van der Waals surface area contributed by atoms with Gasteiger partial charge in [0, 0.05) is 20.3 Å². The zero-order chi connectivity index (χ0) is 13.4. The largest absolute Gasteiger partial charge is 0.492 e. The van der Waals surface area contributed by atoms with E-state index in [0.29, 0.717) is 6.61 Å². The first-order valence-electron chi connectivity index (χ1n) is 6.55. The van der Waals surface area contributed by atoms with Crippen LogP contribution >= 0.6 is 0 Å². The Bertz CT molecular complexity index is 341. The average Bonchev–Trinajstić information content (AvgIpc) is 2.30. The Kier molecular flexibility index (Phi) is 6.76. The lowest BCUT2D eigenvalue weighted by Crippen LogP contribution is -2.23. The van der Waals surface area contributed by atoms with Crippen LogP contribution in [0.2, 0.25) is 0 Å². The van der Waals surface area contributed by atoms with Crippen LogP contribution in [0.5, 0.6) is 5.75 Å². The molecule has 0 aliphatic heterocycles. The third-order valence-corrected chi connectivity index (χ3v) is 2.83. The van der Waals surface area contributed by atoms with Crippen molar-refractivity contribution in [3.63, 3.8) is 0 Å². The molecule has 0 amide bonds. The van der Waals surface area contributed by atoms with Gasteiger partial charge < -0.3 is 14.8 Å². The molecule has 0 heterocycles. The fourth-order valence-corrected chi connectivity index (χ4v) is 2.09. The van der Waals surface area contributed by atoms with Crippen LogP contribution in [-0.2, 0) is 4.74 Å². The van der Waals surface area contributed by atoms with E-state index in [1.54, 1.807) is 7.11 Å². The molecule has 3 heteroatoms. The molecule has 0 unspecified atom stereocenters. The molecule has 0 saturated carbocycles. The van der Waals surface area contributed by atoms with Gasteiger partial charge in [0.25, 0.3) is 0 Å². The van der Waals surface area contributed by atoms with Gasteiger partial charge in [-0.3, -0.25) is 0 Å². The molecule has 102 valence electrons. The van der Waals surface area contributed by atoms with Gasteiger partial charge in [0.05, 0.1) is 0 Å². The topological polar surface area (TPSA) is 30.5 Å². The maximum absolute atomic E-state index is 5.84. The van der Waals surface area contributed by atoms with Crippen LogP contribution in [0.25, 0.3) is 0 Å². The Hall–Kier alpha value is -1.06. The molecule has 1 aromatic rings. The van der Waals surface area contributed by atoms with Gasteiger partial charge in [0.2, 0.25) is 0 Å². The molecular formula is C15H25NO2. The Labute approximate surface area is 110 Å². The second-order valence-corrected chi connectivity index (χ2v) is 4.67. The summed E-state index contributed by atoms with van der Waals surface area (Å²) in [4.78, 5) is 0. The monoisotopic (exact) mass is 251 g/mol. The van der Waals surface area contributed by atoms with E-state index in [9.17, 15) is 0 Å². The lowest BCUT2D eigenvalue weighted by Gasteiger charge is -2.13. The van der Waals surface area contributed by atoms with E-state index in [1.807, 2.05) is 0 Å². The van der Waals surface area contributed by atoms with Gasteiger partial charge in [-0.2, -0.15) is 0 Å². The van der Waals surface area contributed by atoms with Crippen molar-refractivity contribution in [1.29, 1.82) is 0 Å². The number of hydrogen-bond donors (Lipinski definition) is 1. The summed E-state index contributed by atoms with van der Waals surface area (Å²) in [5, 5.41) is 3.34. The molecule has 0 saturated heterocycles. The fraction of sp³-hybridized carbons (Fsp3) is 0.600. The molecule has 1 aromatic carbocycles. The maximum Gasteiger partial charge on any atom is 0.125 e. The second-order valence-electron chi connectivity index (χ2n) is 4.67. The molecule has 0 atom stereocenters. The van der Waals surface area contributed by atoms with Crippen molar-refractivity contribution in [2.24, 2.45) is 0 Å². The summed E-state index contributed by atoms with van der Waals surface area (Å²) in [5.41, 5.74) is 3.72. The van der Waals surface area contributed by atoms with Gasteiger partial charge in [-0.15, -0.1) is 0 Å². The molecule has 0 fully saturated rings. The number of rotatable bonds is 8. The standard InChI is InChI=1S/C15H25NO2/c1-12-10-13(2)15(14(3)11-12)18-9-7-16-6-5-8-17-4/h10-11,16H,5-9H2,1-4H3. The van der Waals surface area contributed by atoms with Gasteiger partial charge in [-0.25, -0.2) is 0 Å². The third kappa shape index (κ3) is 5.07. The van der Waals surface area contributed by atoms with Gasteiger partial charge in [-0.1, -0.05) is 17.7 Å². The zero-order valence-corrected chi connectivity index (χ0v) is 12.0. The Morgan fingerprint density at radius 2 is 1.67 bits per heavy atom. The summed E-state index contributed by atoms with van der Waals surface area (Å²) in [6.45, 7) is 9.67. The third-order valence-electron chi connectivity index (χ3n) is 2.83. The van der Waals surface area contributed by atoms with Crippen molar-refractivity contribution in [1.82, 2.24) is 5.32 Å². The summed E-state index contributed by atoms with van der Waals surface area (Å²) >= 11 is 0. The van der Waals surface area contributed by atoms with Crippen molar-refractivity contribution < 1.29 is 9.47 Å². The number of nitrogens with one attached hydrogen (secondary N) is 1. The van der Waals surface area contributed by atoms with Gasteiger partial charge >= 0.3 is 0 Å². The van der Waals surface area contributed by atoms with Crippen molar-refractivity contribution in [3.8, 4) is 5.75 Å². The molecule has 18 heavy (non-hydrogen) atoms. The molecule has 0 radical (unpaired) electrons. The summed E-state index contributed by atoms with van der Waals surface area (Å²) in [6, 6.07) is 4.32. The van der Waals surface area contributed by atoms with Crippen molar-refractivity contribution in [2.75, 3.05) is 33.4 Å². The van der Waals surface area contributed by atoms with E-state index in [4.69, 9.17) is 9.47 Å². The van der Waals surface area contributed by atoms with Gasteiger partial charge in [-0.05, 0) is 44.9 Å². The first-order valence-corrected chi connectivity index (χ1v) is 6.55. The van der Waals surface area contributed by atoms with Crippen LogP contribution in [0.1, 0.15) is 23.1 Å². The predicted octanol–water partition coefficient (Wildman–Crippen LogP) is 2.62.